The molecule has 0 bridgehead atoms. The Morgan fingerprint density at radius 3 is 2.32 bits per heavy atom. The first-order valence-corrected chi connectivity index (χ1v) is 10.6. The predicted molar refractivity (Wildman–Crippen MR) is 121 cm³/mol. The number of hydrogen-bond donors (Lipinski definition) is 2. The summed E-state index contributed by atoms with van der Waals surface area (Å²) < 4.78 is 47.5. The van der Waals surface area contributed by atoms with E-state index in [1.165, 1.54) is 36.0 Å². The fraction of sp³-hybridized carbons (Fsp3) is 0.174. The molecule has 192 valence electrons. The van der Waals surface area contributed by atoms with Crippen LogP contribution >= 0.6 is 0 Å². The minimum Gasteiger partial charge on any atom is -0.449 e. The Hall–Kier alpha value is -4.72. The molecule has 0 saturated carbocycles. The van der Waals surface area contributed by atoms with Crippen molar-refractivity contribution in [3.8, 4) is 17.1 Å². The molecule has 4 aromatic rings. The lowest BCUT2D eigenvalue weighted by Gasteiger charge is -2.16. The van der Waals surface area contributed by atoms with Crippen LogP contribution in [0.1, 0.15) is 22.4 Å². The molecule has 2 aromatic carbocycles. The van der Waals surface area contributed by atoms with Gasteiger partial charge in [-0.1, -0.05) is 17.3 Å². The van der Waals surface area contributed by atoms with E-state index in [-0.39, 0.29) is 23.4 Å². The normalized spacial score (nSPS) is 11.5. The monoisotopic (exact) mass is 517 g/mol. The van der Waals surface area contributed by atoms with Crippen LogP contribution in [0.25, 0.3) is 11.4 Å². The van der Waals surface area contributed by atoms with Gasteiger partial charge in [0.15, 0.2) is 0 Å². The summed E-state index contributed by atoms with van der Waals surface area (Å²) in [5.41, 5.74) is -2.10. The van der Waals surface area contributed by atoms with Crippen LogP contribution in [0.3, 0.4) is 0 Å². The topological polar surface area (TPSA) is 141 Å². The maximum Gasteiger partial charge on any atom is 0.511 e. The maximum atomic E-state index is 13.4. The number of rotatable bonds is 6. The molecular formula is C23H18F3N5O6. The fourth-order valence-electron chi connectivity index (χ4n) is 3.66. The number of aromatic nitrogens is 5. The number of carboxylic acid groups (broad SMARTS) is 1. The van der Waals surface area contributed by atoms with Crippen LogP contribution in [0.5, 0.6) is 5.75 Å². The molecule has 0 radical (unpaired) electrons. The van der Waals surface area contributed by atoms with E-state index in [4.69, 9.17) is 10.2 Å². The molecule has 0 spiro atoms. The van der Waals surface area contributed by atoms with Crippen LogP contribution < -0.4 is 16.0 Å². The average molecular weight is 517 g/mol. The van der Waals surface area contributed by atoms with Crippen molar-refractivity contribution in [2.75, 3.05) is 0 Å². The zero-order valence-corrected chi connectivity index (χ0v) is 19.0. The highest BCUT2D eigenvalue weighted by molar-refractivity contribution is 5.60. The number of halogens is 3. The van der Waals surface area contributed by atoms with Crippen molar-refractivity contribution in [3.63, 3.8) is 0 Å². The molecular weight excluding hydrogens is 499 g/mol. The van der Waals surface area contributed by atoms with Gasteiger partial charge >= 0.3 is 18.0 Å². The van der Waals surface area contributed by atoms with Gasteiger partial charge in [-0.3, -0.25) is 13.9 Å². The van der Waals surface area contributed by atoms with Crippen molar-refractivity contribution in [2.24, 2.45) is 0 Å². The van der Waals surface area contributed by atoms with E-state index in [9.17, 15) is 27.6 Å². The molecule has 0 atom stereocenters. The molecule has 2 aromatic heterocycles. The van der Waals surface area contributed by atoms with Crippen molar-refractivity contribution in [3.05, 3.63) is 98.1 Å². The predicted octanol–water partition coefficient (Wildman–Crippen LogP) is 2.50. The summed E-state index contributed by atoms with van der Waals surface area (Å²) in [5, 5.41) is 25.8. The number of hydrogen-bond acceptors (Lipinski definition) is 7. The number of nitrogens with zero attached hydrogens (tertiary/aromatic N) is 5. The second kappa shape index (κ2) is 9.73. The Morgan fingerprint density at radius 2 is 1.73 bits per heavy atom. The standard InChI is InChI=1S/C23H18F3N5O6/c1-13-14(3-2-4-18(13)23(24,25)26)9-30-20(33)19(37-22(35)36)11-29(21(30)34)16-5-7-17(8-6-16)31-10-15(12-32)27-28-31/h2-8,10-11,32H,9,12H2,1H3,(H,35,36). The maximum absolute atomic E-state index is 13.4. The molecule has 11 nitrogen and oxygen atoms in total. The highest BCUT2D eigenvalue weighted by Gasteiger charge is 2.33. The number of carbonyl (C=O) groups is 1. The first-order chi connectivity index (χ1) is 17.5. The Balaban J connectivity index is 1.82. The summed E-state index contributed by atoms with van der Waals surface area (Å²) in [6.45, 7) is 0.336. The van der Waals surface area contributed by atoms with Crippen LogP contribution in [0.2, 0.25) is 0 Å². The highest BCUT2D eigenvalue weighted by Crippen LogP contribution is 2.33. The number of aliphatic hydroxyl groups is 1. The van der Waals surface area contributed by atoms with E-state index in [1.807, 2.05) is 0 Å². The molecule has 0 aliphatic rings. The third-order valence-corrected chi connectivity index (χ3v) is 5.51. The minimum atomic E-state index is -4.65. The van der Waals surface area contributed by atoms with Crippen LogP contribution in [-0.2, 0) is 19.3 Å². The molecule has 0 aliphatic carbocycles. The summed E-state index contributed by atoms with van der Waals surface area (Å²) in [7, 11) is 0. The van der Waals surface area contributed by atoms with E-state index in [1.54, 1.807) is 12.1 Å². The lowest BCUT2D eigenvalue weighted by molar-refractivity contribution is -0.138. The van der Waals surface area contributed by atoms with Crippen LogP contribution in [0.4, 0.5) is 18.0 Å². The SMILES string of the molecule is Cc1c(Cn2c(=O)c(OC(=O)O)cn(-c3ccc(-n4cc(CO)nn4)cc3)c2=O)cccc1C(F)(F)F. The highest BCUT2D eigenvalue weighted by atomic mass is 19.4. The molecule has 0 amide bonds. The summed E-state index contributed by atoms with van der Waals surface area (Å²) in [4.78, 5) is 37.3. The quantitative estimate of drug-likeness (QED) is 0.372. The Morgan fingerprint density at radius 1 is 1.05 bits per heavy atom. The van der Waals surface area contributed by atoms with E-state index in [2.05, 4.69) is 15.0 Å². The fourth-order valence-corrected chi connectivity index (χ4v) is 3.66. The Bertz CT molecular complexity index is 1590. The first kappa shape index (κ1) is 25.4. The lowest BCUT2D eigenvalue weighted by Crippen LogP contribution is -2.40. The van der Waals surface area contributed by atoms with E-state index < -0.39 is 41.4 Å². The molecule has 0 saturated heterocycles. The Labute approximate surface area is 205 Å². The van der Waals surface area contributed by atoms with Crippen LogP contribution in [0.15, 0.2) is 64.4 Å². The minimum absolute atomic E-state index is 0.0364. The van der Waals surface area contributed by atoms with Gasteiger partial charge in [-0.15, -0.1) is 5.10 Å². The first-order valence-electron chi connectivity index (χ1n) is 10.6. The molecule has 0 aliphatic heterocycles. The molecule has 14 heteroatoms. The lowest BCUT2D eigenvalue weighted by atomic mass is 10.0. The smallest absolute Gasteiger partial charge is 0.449 e. The van der Waals surface area contributed by atoms with Gasteiger partial charge < -0.3 is 14.9 Å². The third-order valence-electron chi connectivity index (χ3n) is 5.51. The van der Waals surface area contributed by atoms with E-state index in [0.29, 0.717) is 15.9 Å². The zero-order valence-electron chi connectivity index (χ0n) is 19.0. The van der Waals surface area contributed by atoms with Crippen LogP contribution in [0, 0.1) is 6.92 Å². The van der Waals surface area contributed by atoms with Gasteiger partial charge in [0.25, 0.3) is 5.56 Å². The van der Waals surface area contributed by atoms with Gasteiger partial charge in [-0.25, -0.2) is 14.3 Å². The van der Waals surface area contributed by atoms with Crippen molar-refractivity contribution >= 4 is 6.16 Å². The number of benzene rings is 2. The van der Waals surface area contributed by atoms with Crippen molar-refractivity contribution < 1.29 is 32.9 Å². The summed E-state index contributed by atoms with van der Waals surface area (Å²) in [6.07, 6.45) is -4.09. The number of alkyl halides is 3. The second-order valence-corrected chi connectivity index (χ2v) is 7.82. The molecule has 4 rings (SSSR count). The molecule has 2 heterocycles. The van der Waals surface area contributed by atoms with Gasteiger partial charge in [-0.05, 0) is 48.4 Å². The van der Waals surface area contributed by atoms with Crippen molar-refractivity contribution in [2.45, 2.75) is 26.3 Å². The van der Waals surface area contributed by atoms with Gasteiger partial charge in [-0.2, -0.15) is 13.2 Å². The van der Waals surface area contributed by atoms with Gasteiger partial charge in [0.2, 0.25) is 5.75 Å². The van der Waals surface area contributed by atoms with Gasteiger partial charge in [0.1, 0.15) is 5.69 Å². The second-order valence-electron chi connectivity index (χ2n) is 7.82. The molecule has 0 fully saturated rings. The average Bonchev–Trinajstić information content (AvgIpc) is 3.33. The largest absolute Gasteiger partial charge is 0.511 e. The van der Waals surface area contributed by atoms with Gasteiger partial charge in [0, 0.05) is 0 Å². The molecule has 2 N–H and O–H groups in total. The summed E-state index contributed by atoms with van der Waals surface area (Å²) in [6, 6.07) is 9.38. The third kappa shape index (κ3) is 5.13. The summed E-state index contributed by atoms with van der Waals surface area (Å²) in [5.74, 6) is -0.718. The zero-order chi connectivity index (χ0) is 26.9. The van der Waals surface area contributed by atoms with Gasteiger partial charge in [0.05, 0.1) is 42.5 Å². The number of ether oxygens (including phenoxy) is 1. The van der Waals surface area contributed by atoms with Crippen molar-refractivity contribution in [1.29, 1.82) is 0 Å². The van der Waals surface area contributed by atoms with E-state index >= 15 is 0 Å². The van der Waals surface area contributed by atoms with Crippen LogP contribution in [-0.4, -0.2) is 40.5 Å². The number of aliphatic hydroxyl groups excluding tert-OH is 1. The Kier molecular flexibility index (Phi) is 6.68. The summed E-state index contributed by atoms with van der Waals surface area (Å²) >= 11 is 0. The van der Waals surface area contributed by atoms with E-state index in [0.717, 1.165) is 22.9 Å². The molecule has 37 heavy (non-hydrogen) atoms. The van der Waals surface area contributed by atoms with Crippen molar-refractivity contribution in [1.82, 2.24) is 24.1 Å². The molecule has 0 unspecified atom stereocenters.